The zero-order chi connectivity index (χ0) is 10.7. The maximum atomic E-state index is 10.1. The van der Waals surface area contributed by atoms with Gasteiger partial charge in [-0.3, -0.25) is 0 Å². The summed E-state index contributed by atoms with van der Waals surface area (Å²) in [5, 5.41) is 24.0. The van der Waals surface area contributed by atoms with E-state index in [1.165, 1.54) is 0 Å². The Hall–Kier alpha value is -0.910. The van der Waals surface area contributed by atoms with Crippen LogP contribution >= 0.6 is 0 Å². The fourth-order valence-corrected chi connectivity index (χ4v) is 0.259. The van der Waals surface area contributed by atoms with Crippen molar-refractivity contribution in [3.05, 3.63) is 12.7 Å². The summed E-state index contributed by atoms with van der Waals surface area (Å²) < 4.78 is 4.43. The molecule has 0 aliphatic carbocycles. The molecular formula is C8H16O5. The lowest BCUT2D eigenvalue weighted by Gasteiger charge is -1.96. The second-order valence-corrected chi connectivity index (χ2v) is 1.98. The zero-order valence-corrected chi connectivity index (χ0v) is 7.64. The Morgan fingerprint density at radius 2 is 2.00 bits per heavy atom. The molecule has 0 fully saturated rings. The van der Waals surface area contributed by atoms with E-state index in [2.05, 4.69) is 11.3 Å². The highest BCUT2D eigenvalue weighted by molar-refractivity contribution is 5.81. The van der Waals surface area contributed by atoms with E-state index in [-0.39, 0.29) is 19.2 Å². The number of hydrogen-bond acceptors (Lipinski definition) is 5. The first-order chi connectivity index (χ1) is 6.12. The third-order valence-electron chi connectivity index (χ3n) is 0.875. The Labute approximate surface area is 77.3 Å². The number of esters is 1. The molecule has 0 heterocycles. The van der Waals surface area contributed by atoms with Crippen molar-refractivity contribution in [2.75, 3.05) is 19.8 Å². The van der Waals surface area contributed by atoms with Crippen molar-refractivity contribution >= 4 is 5.97 Å². The lowest BCUT2D eigenvalue weighted by Crippen LogP contribution is -2.15. The molecular weight excluding hydrogens is 176 g/mol. The molecule has 0 spiro atoms. The molecule has 13 heavy (non-hydrogen) atoms. The molecule has 78 valence electrons. The monoisotopic (exact) mass is 192 g/mol. The van der Waals surface area contributed by atoms with Crippen LogP contribution < -0.4 is 0 Å². The predicted octanol–water partition coefficient (Wildman–Crippen LogP) is -0.933. The second-order valence-electron chi connectivity index (χ2n) is 1.98. The smallest absolute Gasteiger partial charge is 0.330 e. The Morgan fingerprint density at radius 3 is 2.08 bits per heavy atom. The largest absolute Gasteiger partial charge is 0.463 e. The predicted molar refractivity (Wildman–Crippen MR) is 47.0 cm³/mol. The average molecular weight is 192 g/mol. The van der Waals surface area contributed by atoms with Crippen LogP contribution in [0.25, 0.3) is 0 Å². The van der Waals surface area contributed by atoms with Gasteiger partial charge in [-0.1, -0.05) is 6.58 Å². The molecule has 0 radical (unpaired) electrons. The summed E-state index contributed by atoms with van der Waals surface area (Å²) >= 11 is 0. The molecule has 0 aromatic carbocycles. The van der Waals surface area contributed by atoms with Crippen LogP contribution in [0.5, 0.6) is 0 Å². The molecule has 0 amide bonds. The van der Waals surface area contributed by atoms with E-state index in [1.54, 1.807) is 6.92 Å². The minimum absolute atomic E-state index is 0.359. The van der Waals surface area contributed by atoms with Crippen molar-refractivity contribution in [1.29, 1.82) is 0 Å². The van der Waals surface area contributed by atoms with Gasteiger partial charge in [-0.25, -0.2) is 4.79 Å². The van der Waals surface area contributed by atoms with Gasteiger partial charge in [0.05, 0.1) is 19.8 Å². The third kappa shape index (κ3) is 14.0. The molecule has 0 unspecified atom stereocenters. The summed E-state index contributed by atoms with van der Waals surface area (Å²) in [6.45, 7) is 4.65. The van der Waals surface area contributed by atoms with Gasteiger partial charge < -0.3 is 20.1 Å². The van der Waals surface area contributed by atoms with E-state index in [9.17, 15) is 4.79 Å². The van der Waals surface area contributed by atoms with Gasteiger partial charge in [0.1, 0.15) is 6.10 Å². The van der Waals surface area contributed by atoms with Crippen molar-refractivity contribution in [3.8, 4) is 0 Å². The van der Waals surface area contributed by atoms with Gasteiger partial charge >= 0.3 is 5.97 Å². The molecule has 0 aliphatic heterocycles. The number of carbonyl (C=O) groups is 1. The van der Waals surface area contributed by atoms with Crippen molar-refractivity contribution in [2.24, 2.45) is 0 Å². The first-order valence-corrected chi connectivity index (χ1v) is 3.81. The lowest BCUT2D eigenvalue weighted by molar-refractivity contribution is -0.137. The van der Waals surface area contributed by atoms with Crippen LogP contribution in [0.15, 0.2) is 12.7 Å². The van der Waals surface area contributed by atoms with Crippen molar-refractivity contribution in [1.82, 2.24) is 0 Å². The van der Waals surface area contributed by atoms with Crippen LogP contribution in [-0.4, -0.2) is 47.2 Å². The summed E-state index contributed by atoms with van der Waals surface area (Å²) in [5.74, 6) is -0.359. The number of hydrogen-bond donors (Lipinski definition) is 3. The Kier molecular flexibility index (Phi) is 12.5. The second kappa shape index (κ2) is 11.1. The van der Waals surface area contributed by atoms with Crippen molar-refractivity contribution in [2.45, 2.75) is 13.0 Å². The number of ether oxygens (including phenoxy) is 1. The number of carbonyl (C=O) groups excluding carboxylic acids is 1. The maximum absolute atomic E-state index is 10.1. The van der Waals surface area contributed by atoms with E-state index in [0.717, 1.165) is 6.08 Å². The van der Waals surface area contributed by atoms with E-state index < -0.39 is 6.10 Å². The minimum Gasteiger partial charge on any atom is -0.463 e. The first kappa shape index (κ1) is 14.6. The van der Waals surface area contributed by atoms with Crippen LogP contribution in [0, 0.1) is 0 Å². The maximum Gasteiger partial charge on any atom is 0.330 e. The van der Waals surface area contributed by atoms with Crippen LogP contribution in [0.3, 0.4) is 0 Å². The van der Waals surface area contributed by atoms with Crippen LogP contribution in [0.1, 0.15) is 6.92 Å². The number of aliphatic hydroxyl groups is 3. The molecule has 3 N–H and O–H groups in total. The summed E-state index contributed by atoms with van der Waals surface area (Å²) in [6, 6.07) is 0. The fraction of sp³-hybridized carbons (Fsp3) is 0.625. The molecule has 0 bridgehead atoms. The molecule has 5 heteroatoms. The molecule has 0 aromatic heterocycles. The van der Waals surface area contributed by atoms with E-state index in [4.69, 9.17) is 15.3 Å². The van der Waals surface area contributed by atoms with Crippen molar-refractivity contribution in [3.63, 3.8) is 0 Å². The molecule has 0 saturated carbocycles. The van der Waals surface area contributed by atoms with Gasteiger partial charge in [0, 0.05) is 6.08 Å². The van der Waals surface area contributed by atoms with Gasteiger partial charge in [0.2, 0.25) is 0 Å². The molecule has 0 atom stereocenters. The summed E-state index contributed by atoms with van der Waals surface area (Å²) in [6.07, 6.45) is 0.189. The van der Waals surface area contributed by atoms with Crippen LogP contribution in [0.2, 0.25) is 0 Å². The van der Waals surface area contributed by atoms with Crippen LogP contribution in [-0.2, 0) is 9.53 Å². The molecule has 0 aliphatic rings. The van der Waals surface area contributed by atoms with E-state index >= 15 is 0 Å². The lowest BCUT2D eigenvalue weighted by atomic mass is 10.4. The van der Waals surface area contributed by atoms with Gasteiger partial charge in [-0.15, -0.1) is 0 Å². The fourth-order valence-electron chi connectivity index (χ4n) is 0.259. The molecule has 0 aromatic rings. The molecule has 0 saturated heterocycles. The standard InChI is InChI=1S/C5H8O2.C3H8O3/c1-3-5(6)7-4-2;4-1-3(6)2-5/h3H,1,4H2,2H3;3-6H,1-2H2. The van der Waals surface area contributed by atoms with Gasteiger partial charge in [-0.05, 0) is 6.92 Å². The van der Waals surface area contributed by atoms with E-state index in [1.807, 2.05) is 0 Å². The Morgan fingerprint density at radius 1 is 1.54 bits per heavy atom. The quantitative estimate of drug-likeness (QED) is 0.395. The topological polar surface area (TPSA) is 87.0 Å². The highest BCUT2D eigenvalue weighted by atomic mass is 16.5. The van der Waals surface area contributed by atoms with Gasteiger partial charge in [0.15, 0.2) is 0 Å². The normalized spacial score (nSPS) is 8.69. The van der Waals surface area contributed by atoms with Crippen LogP contribution in [0.4, 0.5) is 0 Å². The third-order valence-corrected chi connectivity index (χ3v) is 0.875. The first-order valence-electron chi connectivity index (χ1n) is 3.81. The highest BCUT2D eigenvalue weighted by Crippen LogP contribution is 1.74. The minimum atomic E-state index is -0.954. The van der Waals surface area contributed by atoms with E-state index in [0.29, 0.717) is 6.61 Å². The highest BCUT2D eigenvalue weighted by Gasteiger charge is 1.93. The summed E-state index contributed by atoms with van der Waals surface area (Å²) in [5.41, 5.74) is 0. The van der Waals surface area contributed by atoms with Gasteiger partial charge in [0.25, 0.3) is 0 Å². The Balaban J connectivity index is 0. The Bertz CT molecular complexity index is 130. The van der Waals surface area contributed by atoms with Crippen molar-refractivity contribution < 1.29 is 24.9 Å². The van der Waals surface area contributed by atoms with Gasteiger partial charge in [-0.2, -0.15) is 0 Å². The SMILES string of the molecule is C=CC(=O)OCC.OCC(O)CO. The number of rotatable bonds is 4. The molecule has 5 nitrogen and oxygen atoms in total. The average Bonchev–Trinajstić information content (AvgIpc) is 2.18. The molecule has 0 rings (SSSR count). The number of aliphatic hydroxyl groups excluding tert-OH is 3. The summed E-state index contributed by atoms with van der Waals surface area (Å²) in [7, 11) is 0. The summed E-state index contributed by atoms with van der Waals surface area (Å²) in [4.78, 5) is 10.1. The zero-order valence-electron chi connectivity index (χ0n) is 7.64.